The summed E-state index contributed by atoms with van der Waals surface area (Å²) in [6.45, 7) is 2.49. The van der Waals surface area contributed by atoms with Gasteiger partial charge in [-0.05, 0) is 26.2 Å². The fourth-order valence-corrected chi connectivity index (χ4v) is 5.09. The molecule has 0 aromatic rings. The number of ether oxygens (including phenoxy) is 4. The van der Waals surface area contributed by atoms with Gasteiger partial charge in [-0.15, -0.1) is 0 Å². The highest BCUT2D eigenvalue weighted by atomic mass is 16.7. The van der Waals surface area contributed by atoms with E-state index in [1.165, 1.54) is 6.92 Å². The molecule has 3 aliphatic rings. The van der Waals surface area contributed by atoms with E-state index in [0.717, 1.165) is 0 Å². The normalized spacial score (nSPS) is 43.1. The third kappa shape index (κ3) is 7.84. The van der Waals surface area contributed by atoms with Crippen LogP contribution in [0.1, 0.15) is 33.1 Å². The van der Waals surface area contributed by atoms with Gasteiger partial charge in [0.2, 0.25) is 5.91 Å². The molecule has 14 N–H and O–H groups in total. The number of amides is 1. The van der Waals surface area contributed by atoms with Crippen LogP contribution in [0.3, 0.4) is 0 Å². The van der Waals surface area contributed by atoms with Gasteiger partial charge >= 0.3 is 0 Å². The molecule has 0 radical (unpaired) electrons. The quantitative estimate of drug-likeness (QED) is 0.0856. The first-order valence-electron chi connectivity index (χ1n) is 13.6. The molecule has 2 aliphatic heterocycles. The van der Waals surface area contributed by atoms with Crippen molar-refractivity contribution in [2.45, 2.75) is 106 Å². The second-order valence-electron chi connectivity index (χ2n) is 11.2. The summed E-state index contributed by atoms with van der Waals surface area (Å²) in [5, 5.41) is 64.5. The number of nitrogens with one attached hydrogen (secondary N) is 3. The van der Waals surface area contributed by atoms with Crippen molar-refractivity contribution in [3.8, 4) is 0 Å². The first-order valence-corrected chi connectivity index (χ1v) is 13.6. The Morgan fingerprint density at radius 2 is 1.82 bits per heavy atom. The number of nitrogens with two attached hydrogens (primary N) is 3. The van der Waals surface area contributed by atoms with Crippen molar-refractivity contribution >= 4 is 11.7 Å². The smallest absolute Gasteiger partial charge is 0.250 e. The molecule has 0 spiro atoms. The van der Waals surface area contributed by atoms with E-state index in [4.69, 9.17) is 46.7 Å². The number of amidine groups is 1. The largest absolute Gasteiger partial charge is 0.388 e. The summed E-state index contributed by atoms with van der Waals surface area (Å²) in [5.74, 6) is -1.49. The fraction of sp³-hybridized carbons (Fsp3) is 0.917. The molecule has 0 aromatic carbocycles. The Morgan fingerprint density at radius 1 is 1.15 bits per heavy atom. The molecule has 2 saturated heterocycles. The van der Waals surface area contributed by atoms with E-state index in [-0.39, 0.29) is 38.1 Å². The lowest BCUT2D eigenvalue weighted by molar-refractivity contribution is -0.314. The van der Waals surface area contributed by atoms with Crippen LogP contribution in [-0.4, -0.2) is 137 Å². The molecule has 0 bridgehead atoms. The van der Waals surface area contributed by atoms with Crippen molar-refractivity contribution in [3.05, 3.63) is 0 Å². The average Bonchev–Trinajstić information content (AvgIpc) is 2.92. The minimum Gasteiger partial charge on any atom is -0.388 e. The second kappa shape index (κ2) is 14.1. The number of carbonyl (C=O) groups excluding carboxylic acids is 1. The van der Waals surface area contributed by atoms with Gasteiger partial charge in [-0.1, -0.05) is 6.92 Å². The number of aliphatic hydroxyl groups excluding tert-OH is 4. The summed E-state index contributed by atoms with van der Waals surface area (Å²) in [7, 11) is 0. The Balaban J connectivity index is 1.76. The average molecular weight is 579 g/mol. The van der Waals surface area contributed by atoms with Crippen molar-refractivity contribution < 1.29 is 49.3 Å². The maximum Gasteiger partial charge on any atom is 0.250 e. The topological polar surface area (TPSA) is 281 Å². The molecule has 1 aliphatic carbocycles. The van der Waals surface area contributed by atoms with Crippen LogP contribution in [0.2, 0.25) is 0 Å². The monoisotopic (exact) mass is 578 g/mol. The summed E-state index contributed by atoms with van der Waals surface area (Å²) in [6, 6.07) is -2.30. The molecule has 0 aromatic heterocycles. The molecule has 1 amide bonds. The summed E-state index contributed by atoms with van der Waals surface area (Å²) >= 11 is 0. The van der Waals surface area contributed by atoms with Crippen molar-refractivity contribution in [1.29, 1.82) is 5.41 Å². The van der Waals surface area contributed by atoms with Crippen LogP contribution in [0.4, 0.5) is 0 Å². The van der Waals surface area contributed by atoms with E-state index in [0.29, 0.717) is 12.8 Å². The van der Waals surface area contributed by atoms with Gasteiger partial charge in [-0.2, -0.15) is 0 Å². The predicted molar refractivity (Wildman–Crippen MR) is 140 cm³/mol. The van der Waals surface area contributed by atoms with Crippen LogP contribution in [0.5, 0.6) is 0 Å². The number of hydrogen-bond donors (Lipinski definition) is 11. The fourth-order valence-electron chi connectivity index (χ4n) is 5.09. The van der Waals surface area contributed by atoms with Gasteiger partial charge in [0.1, 0.15) is 43.0 Å². The highest BCUT2D eigenvalue weighted by molar-refractivity contribution is 5.81. The van der Waals surface area contributed by atoms with Gasteiger partial charge in [-0.25, -0.2) is 0 Å². The Morgan fingerprint density at radius 3 is 2.48 bits per heavy atom. The van der Waals surface area contributed by atoms with E-state index < -0.39 is 85.3 Å². The molecular formula is C24H46N6O10. The number of carbonyl (C=O) groups is 1. The molecule has 13 atom stereocenters. The Hall–Kier alpha value is -1.54. The van der Waals surface area contributed by atoms with Crippen LogP contribution in [0.15, 0.2) is 0 Å². The van der Waals surface area contributed by atoms with E-state index in [2.05, 4.69) is 10.6 Å². The van der Waals surface area contributed by atoms with Crippen LogP contribution in [-0.2, 0) is 23.7 Å². The molecule has 2 heterocycles. The van der Waals surface area contributed by atoms with Crippen LogP contribution >= 0.6 is 0 Å². The molecule has 16 nitrogen and oxygen atoms in total. The second-order valence-corrected chi connectivity index (χ2v) is 11.2. The molecule has 6 unspecified atom stereocenters. The number of hydrogen-bond acceptors (Lipinski definition) is 14. The zero-order valence-electron chi connectivity index (χ0n) is 22.9. The molecule has 3 rings (SSSR count). The SMILES string of the molecule is C[C@@H]1C(O)[C@@H](OC2C(O)C(O[C@H]3O[C@H](CNC(=N)CO)CCC3N)[C@@H](N)C[C@H]2NC(=O)[C@@H](O)CN)OCC1(C)O. The van der Waals surface area contributed by atoms with E-state index in [1.54, 1.807) is 6.92 Å². The molecular weight excluding hydrogens is 532 g/mol. The zero-order valence-corrected chi connectivity index (χ0v) is 22.9. The van der Waals surface area contributed by atoms with Gasteiger partial charge < -0.3 is 72.3 Å². The highest BCUT2D eigenvalue weighted by Gasteiger charge is 2.51. The van der Waals surface area contributed by atoms with E-state index in [1.807, 2.05) is 0 Å². The van der Waals surface area contributed by atoms with Gasteiger partial charge in [0.25, 0.3) is 0 Å². The summed E-state index contributed by atoms with van der Waals surface area (Å²) in [6.07, 6.45) is -7.97. The standard InChI is InChI=1S/C24H46N6O10/c1-10-17(33)23(37-9-24(10,2)36)40-20-14(30-21(35)15(32)6-25)5-13(27)19(18(20)34)39-22-12(26)4-3-11(38-22)7-29-16(28)8-31/h10-15,17-20,22-23,31-34,36H,3-9,25-27H2,1-2H3,(H2,28,29)(H,30,35)/t10-,11+,12?,13+,14-,15+,17?,18?,19?,20?,22-,23-,24?/m1/s1. The van der Waals surface area contributed by atoms with Crippen molar-refractivity contribution in [2.75, 3.05) is 26.3 Å². The first kappa shape index (κ1) is 33.0. The lowest BCUT2D eigenvalue weighted by Crippen LogP contribution is -2.68. The van der Waals surface area contributed by atoms with Gasteiger partial charge in [0.15, 0.2) is 12.6 Å². The highest BCUT2D eigenvalue weighted by Crippen LogP contribution is 2.34. The van der Waals surface area contributed by atoms with Gasteiger partial charge in [0.05, 0.1) is 30.4 Å². The van der Waals surface area contributed by atoms with Crippen molar-refractivity contribution in [3.63, 3.8) is 0 Å². The maximum atomic E-state index is 12.5. The molecule has 1 saturated carbocycles. The number of rotatable bonds is 10. The van der Waals surface area contributed by atoms with Gasteiger partial charge in [0, 0.05) is 25.0 Å². The maximum absolute atomic E-state index is 12.5. The van der Waals surface area contributed by atoms with Crippen molar-refractivity contribution in [1.82, 2.24) is 10.6 Å². The molecule has 3 fully saturated rings. The summed E-state index contributed by atoms with van der Waals surface area (Å²) < 4.78 is 23.6. The molecule has 40 heavy (non-hydrogen) atoms. The van der Waals surface area contributed by atoms with Gasteiger partial charge in [-0.3, -0.25) is 10.2 Å². The lowest BCUT2D eigenvalue weighted by atomic mass is 9.82. The van der Waals surface area contributed by atoms with Crippen LogP contribution < -0.4 is 27.8 Å². The third-order valence-corrected chi connectivity index (χ3v) is 7.97. The minimum absolute atomic E-state index is 0.0477. The van der Waals surface area contributed by atoms with Crippen molar-refractivity contribution in [2.24, 2.45) is 23.1 Å². The van der Waals surface area contributed by atoms with E-state index in [9.17, 15) is 25.2 Å². The van der Waals surface area contributed by atoms with Crippen LogP contribution in [0, 0.1) is 11.3 Å². The first-order chi connectivity index (χ1) is 18.8. The Bertz CT molecular complexity index is 855. The number of aliphatic hydroxyl groups is 5. The van der Waals surface area contributed by atoms with Crippen LogP contribution in [0.25, 0.3) is 0 Å². The Kier molecular flexibility index (Phi) is 11.6. The molecule has 16 heteroatoms. The zero-order chi connectivity index (χ0) is 29.8. The summed E-state index contributed by atoms with van der Waals surface area (Å²) in [4.78, 5) is 12.5. The summed E-state index contributed by atoms with van der Waals surface area (Å²) in [5.41, 5.74) is 16.7. The third-order valence-electron chi connectivity index (χ3n) is 7.97. The lowest BCUT2D eigenvalue weighted by Gasteiger charge is -2.48. The van der Waals surface area contributed by atoms with E-state index >= 15 is 0 Å². The molecule has 232 valence electrons. The Labute approximate surface area is 233 Å². The predicted octanol–water partition coefficient (Wildman–Crippen LogP) is -4.85. The minimum atomic E-state index is -1.50.